The molecule has 0 radical (unpaired) electrons. The second-order valence-electron chi connectivity index (χ2n) is 12.5. The normalized spacial score (nSPS) is 28.4. The summed E-state index contributed by atoms with van der Waals surface area (Å²) in [5.74, 6) is 1.71. The summed E-state index contributed by atoms with van der Waals surface area (Å²) in [5.41, 5.74) is 2.93. The number of nitrogens with zero attached hydrogens (tertiary/aromatic N) is 1. The van der Waals surface area contributed by atoms with Crippen LogP contribution >= 0.6 is 0 Å². The van der Waals surface area contributed by atoms with Gasteiger partial charge < -0.3 is 15.4 Å². The quantitative estimate of drug-likeness (QED) is 0.338. The first kappa shape index (κ1) is 27.6. The zero-order valence-electron chi connectivity index (χ0n) is 24.2. The van der Waals surface area contributed by atoms with Gasteiger partial charge in [0.15, 0.2) is 0 Å². The Bertz CT molecular complexity index is 1320. The molecule has 4 fully saturated rings. The number of amides is 3. The fourth-order valence-electron chi connectivity index (χ4n) is 8.22. The molecule has 1 heterocycles. The molecule has 2 N–H and O–H groups in total. The van der Waals surface area contributed by atoms with Crippen LogP contribution in [0.2, 0.25) is 0 Å². The summed E-state index contributed by atoms with van der Waals surface area (Å²) in [5, 5.41) is 6.33. The zero-order valence-corrected chi connectivity index (χ0v) is 24.2. The second kappa shape index (κ2) is 11.3. The number of rotatable bonds is 9. The molecule has 4 saturated carbocycles. The van der Waals surface area contributed by atoms with Crippen molar-refractivity contribution in [2.24, 2.45) is 23.2 Å². The van der Waals surface area contributed by atoms with Gasteiger partial charge in [0.05, 0.1) is 29.3 Å². The van der Waals surface area contributed by atoms with E-state index >= 15 is 0 Å². The molecule has 216 valence electrons. The van der Waals surface area contributed by atoms with E-state index in [4.69, 9.17) is 4.74 Å². The summed E-state index contributed by atoms with van der Waals surface area (Å²) in [6, 6.07) is 16.2. The number of benzene rings is 2. The molecular formula is C34H41N3O4. The van der Waals surface area contributed by atoms with Crippen molar-refractivity contribution < 1.29 is 19.1 Å². The average Bonchev–Trinajstić information content (AvgIpc) is 2.96. The molecule has 41 heavy (non-hydrogen) atoms. The van der Waals surface area contributed by atoms with Crippen molar-refractivity contribution in [2.75, 3.05) is 18.5 Å². The van der Waals surface area contributed by atoms with Crippen molar-refractivity contribution in [3.8, 4) is 0 Å². The fourth-order valence-corrected chi connectivity index (χ4v) is 8.22. The SMILES string of the molecule is CCCCN1C(=O)N[C@@H](c2cccc(NC(=O)C34CC5CC(CC(C5)C3)C4)c2)C(C(=O)OCC)=C1c1ccccc1. The standard InChI is InChI=1S/C34H41N3O4/c1-3-5-14-37-30(25-10-7-6-8-11-25)28(31(38)41-4-2)29(36-33(37)40)26-12-9-13-27(18-26)35-32(39)34-19-22-15-23(20-34)17-24(16-22)21-34/h6-13,18,22-24,29H,3-5,14-17,19-21H2,1-2H3,(H,35,39)(H,36,40)/t22?,23?,24?,29-,34?/m0/s1. The van der Waals surface area contributed by atoms with E-state index in [9.17, 15) is 14.4 Å². The van der Waals surface area contributed by atoms with Gasteiger partial charge in [-0.2, -0.15) is 0 Å². The highest BCUT2D eigenvalue weighted by Gasteiger charge is 2.54. The third-order valence-corrected chi connectivity index (χ3v) is 9.60. The summed E-state index contributed by atoms with van der Waals surface area (Å²) in [6.07, 6.45) is 8.54. The summed E-state index contributed by atoms with van der Waals surface area (Å²) < 4.78 is 5.56. The number of ether oxygens (including phenoxy) is 1. The van der Waals surface area contributed by atoms with Crippen molar-refractivity contribution in [3.63, 3.8) is 0 Å². The summed E-state index contributed by atoms with van der Waals surface area (Å²) in [6.45, 7) is 4.57. The Morgan fingerprint density at radius 2 is 1.66 bits per heavy atom. The Labute approximate surface area is 242 Å². The summed E-state index contributed by atoms with van der Waals surface area (Å²) in [4.78, 5) is 42.6. The predicted octanol–water partition coefficient (Wildman–Crippen LogP) is 6.68. The van der Waals surface area contributed by atoms with Crippen molar-refractivity contribution in [1.29, 1.82) is 0 Å². The van der Waals surface area contributed by atoms with Crippen LogP contribution in [0.5, 0.6) is 0 Å². The van der Waals surface area contributed by atoms with Gasteiger partial charge in [0.1, 0.15) is 0 Å². The van der Waals surface area contributed by atoms with Gasteiger partial charge in [-0.1, -0.05) is 55.8 Å². The summed E-state index contributed by atoms with van der Waals surface area (Å²) in [7, 11) is 0. The van der Waals surface area contributed by atoms with Gasteiger partial charge in [-0.05, 0) is 92.9 Å². The molecule has 2 aromatic rings. The minimum atomic E-state index is -0.717. The molecule has 7 nitrogen and oxygen atoms in total. The van der Waals surface area contributed by atoms with Crippen LogP contribution in [0.3, 0.4) is 0 Å². The third-order valence-electron chi connectivity index (χ3n) is 9.60. The van der Waals surface area contributed by atoms with E-state index in [2.05, 4.69) is 17.6 Å². The third kappa shape index (κ3) is 5.27. The fraction of sp³-hybridized carbons (Fsp3) is 0.500. The van der Waals surface area contributed by atoms with Crippen molar-refractivity contribution in [1.82, 2.24) is 10.2 Å². The van der Waals surface area contributed by atoms with E-state index in [1.165, 1.54) is 19.3 Å². The highest BCUT2D eigenvalue weighted by Crippen LogP contribution is 2.60. The topological polar surface area (TPSA) is 87.7 Å². The van der Waals surface area contributed by atoms with E-state index < -0.39 is 12.0 Å². The zero-order chi connectivity index (χ0) is 28.6. The van der Waals surface area contributed by atoms with Gasteiger partial charge in [0.2, 0.25) is 5.91 Å². The molecule has 4 aliphatic carbocycles. The highest BCUT2D eigenvalue weighted by molar-refractivity contribution is 6.05. The van der Waals surface area contributed by atoms with Crippen LogP contribution in [0.15, 0.2) is 60.2 Å². The van der Waals surface area contributed by atoms with Crippen LogP contribution in [0.1, 0.15) is 82.4 Å². The molecule has 0 unspecified atom stereocenters. The van der Waals surface area contributed by atoms with Crippen molar-refractivity contribution in [2.45, 2.75) is 71.3 Å². The van der Waals surface area contributed by atoms with Crippen LogP contribution < -0.4 is 10.6 Å². The molecule has 3 amide bonds. The van der Waals surface area contributed by atoms with Gasteiger partial charge in [0.25, 0.3) is 0 Å². The number of urea groups is 1. The Kier molecular flexibility index (Phi) is 7.62. The van der Waals surface area contributed by atoms with Gasteiger partial charge in [-0.3, -0.25) is 9.69 Å². The monoisotopic (exact) mass is 555 g/mol. The molecule has 0 saturated heterocycles. The number of anilines is 1. The number of carbonyl (C=O) groups excluding carboxylic acids is 3. The molecule has 0 spiro atoms. The maximum atomic E-state index is 13.8. The van der Waals surface area contributed by atoms with E-state index in [-0.39, 0.29) is 24.0 Å². The summed E-state index contributed by atoms with van der Waals surface area (Å²) >= 11 is 0. The second-order valence-corrected chi connectivity index (χ2v) is 12.5. The molecule has 5 aliphatic rings. The van der Waals surface area contributed by atoms with E-state index in [0.29, 0.717) is 41.3 Å². The van der Waals surface area contributed by atoms with Gasteiger partial charge in [-0.25, -0.2) is 9.59 Å². The average molecular weight is 556 g/mol. The van der Waals surface area contributed by atoms with Gasteiger partial charge >= 0.3 is 12.0 Å². The minimum Gasteiger partial charge on any atom is -0.463 e. The Morgan fingerprint density at radius 3 is 2.29 bits per heavy atom. The largest absolute Gasteiger partial charge is 0.463 e. The van der Waals surface area contributed by atoms with Gasteiger partial charge in [-0.15, -0.1) is 0 Å². The smallest absolute Gasteiger partial charge is 0.338 e. The van der Waals surface area contributed by atoms with E-state index in [0.717, 1.165) is 43.2 Å². The van der Waals surface area contributed by atoms with Crippen LogP contribution in [-0.4, -0.2) is 36.0 Å². The lowest BCUT2D eigenvalue weighted by molar-refractivity contribution is -0.140. The lowest BCUT2D eigenvalue weighted by atomic mass is 9.49. The van der Waals surface area contributed by atoms with E-state index in [1.807, 2.05) is 54.6 Å². The number of hydrogen-bond donors (Lipinski definition) is 2. The molecule has 4 bridgehead atoms. The minimum absolute atomic E-state index is 0.123. The highest BCUT2D eigenvalue weighted by atomic mass is 16.5. The van der Waals surface area contributed by atoms with Crippen LogP contribution in [0.4, 0.5) is 10.5 Å². The molecule has 1 atom stereocenters. The first-order valence-electron chi connectivity index (χ1n) is 15.4. The molecule has 1 aliphatic heterocycles. The van der Waals surface area contributed by atoms with E-state index in [1.54, 1.807) is 11.8 Å². The lowest BCUT2D eigenvalue weighted by Gasteiger charge is -2.55. The predicted molar refractivity (Wildman–Crippen MR) is 159 cm³/mol. The molecule has 0 aromatic heterocycles. The maximum absolute atomic E-state index is 13.8. The molecule has 2 aromatic carbocycles. The maximum Gasteiger partial charge on any atom is 0.338 e. The number of esters is 1. The first-order valence-corrected chi connectivity index (χ1v) is 15.4. The molecule has 7 heteroatoms. The molecular weight excluding hydrogens is 514 g/mol. The van der Waals surface area contributed by atoms with Crippen molar-refractivity contribution >= 4 is 29.3 Å². The molecule has 7 rings (SSSR count). The van der Waals surface area contributed by atoms with Gasteiger partial charge in [0, 0.05) is 12.2 Å². The number of nitrogens with one attached hydrogen (secondary N) is 2. The number of unbranched alkanes of at least 4 members (excludes halogenated alkanes) is 1. The van der Waals surface area contributed by atoms with Crippen LogP contribution in [0.25, 0.3) is 5.70 Å². The Hall–Kier alpha value is -3.61. The van der Waals surface area contributed by atoms with Crippen LogP contribution in [-0.2, 0) is 14.3 Å². The Morgan fingerprint density at radius 1 is 0.976 bits per heavy atom. The van der Waals surface area contributed by atoms with Crippen molar-refractivity contribution in [3.05, 3.63) is 71.3 Å². The number of hydrogen-bond acceptors (Lipinski definition) is 4. The number of carbonyl (C=O) groups is 3. The first-order chi connectivity index (χ1) is 19.9. The Balaban J connectivity index is 1.35. The van der Waals surface area contributed by atoms with Crippen LogP contribution in [0, 0.1) is 23.2 Å². The lowest BCUT2D eigenvalue weighted by Crippen LogP contribution is -2.51.